The maximum atomic E-state index is 12.4. The molecule has 0 aromatic heterocycles. The van der Waals surface area contributed by atoms with Gasteiger partial charge in [-0.25, -0.2) is 8.42 Å². The molecule has 2 rings (SSSR count). The lowest BCUT2D eigenvalue weighted by Gasteiger charge is -2.18. The van der Waals surface area contributed by atoms with E-state index in [-0.39, 0.29) is 10.8 Å². The summed E-state index contributed by atoms with van der Waals surface area (Å²) >= 11 is 0. The number of nitrogens with one attached hydrogen (secondary N) is 1. The van der Waals surface area contributed by atoms with E-state index in [1.807, 2.05) is 0 Å². The molecule has 0 atom stereocenters. The minimum atomic E-state index is -3.52. The molecule has 0 aliphatic rings. The normalized spacial score (nSPS) is 11.4. The predicted octanol–water partition coefficient (Wildman–Crippen LogP) is 2.98. The number of sulfonamides is 1. The van der Waals surface area contributed by atoms with Crippen molar-refractivity contribution in [2.24, 2.45) is 0 Å². The molecule has 1 amide bonds. The molecule has 0 fully saturated rings. The molecule has 0 bridgehead atoms. The summed E-state index contributed by atoms with van der Waals surface area (Å²) in [7, 11) is -1.95. The summed E-state index contributed by atoms with van der Waals surface area (Å²) in [6.07, 6.45) is 0. The molecule has 0 aliphatic heterocycles. The van der Waals surface area contributed by atoms with Crippen molar-refractivity contribution in [2.45, 2.75) is 18.7 Å². The third-order valence-electron chi connectivity index (χ3n) is 3.81. The van der Waals surface area contributed by atoms with Crippen LogP contribution in [0.4, 0.5) is 5.69 Å². The van der Waals surface area contributed by atoms with Crippen LogP contribution in [0.25, 0.3) is 0 Å². The number of rotatable bonds is 7. The van der Waals surface area contributed by atoms with Gasteiger partial charge in [0.15, 0.2) is 0 Å². The van der Waals surface area contributed by atoms with Gasteiger partial charge in [0.05, 0.1) is 12.0 Å². The Morgan fingerprint density at radius 3 is 2.04 bits per heavy atom. The Bertz CT molecular complexity index is 811. The Balaban J connectivity index is 2.14. The Kier molecular flexibility index (Phi) is 6.17. The number of amides is 1. The number of carbonyl (C=O) groups is 1. The molecule has 1 N–H and O–H groups in total. The minimum Gasteiger partial charge on any atom is -0.497 e. The first-order valence-electron chi connectivity index (χ1n) is 7.98. The highest BCUT2D eigenvalue weighted by Crippen LogP contribution is 2.18. The van der Waals surface area contributed by atoms with Gasteiger partial charge in [-0.3, -0.25) is 4.79 Å². The molecule has 0 unspecified atom stereocenters. The number of ether oxygens (including phenoxy) is 1. The van der Waals surface area contributed by atoms with Gasteiger partial charge in [-0.15, -0.1) is 0 Å². The van der Waals surface area contributed by atoms with E-state index in [2.05, 4.69) is 5.32 Å². The summed E-state index contributed by atoms with van der Waals surface area (Å²) in [4.78, 5) is 12.5. The van der Waals surface area contributed by atoms with E-state index in [9.17, 15) is 13.2 Å². The molecular weight excluding hydrogens is 340 g/mol. The summed E-state index contributed by atoms with van der Waals surface area (Å²) in [5, 5.41) is 2.76. The molecule has 0 heterocycles. The van der Waals surface area contributed by atoms with E-state index in [0.29, 0.717) is 30.1 Å². The molecule has 0 saturated carbocycles. The smallest absolute Gasteiger partial charge is 0.255 e. The molecule has 0 saturated heterocycles. The lowest BCUT2D eigenvalue weighted by Crippen LogP contribution is -2.30. The van der Waals surface area contributed by atoms with Crippen molar-refractivity contribution in [3.8, 4) is 5.75 Å². The van der Waals surface area contributed by atoms with Gasteiger partial charge in [-0.2, -0.15) is 4.31 Å². The Morgan fingerprint density at radius 1 is 1.00 bits per heavy atom. The third-order valence-corrected chi connectivity index (χ3v) is 5.87. The standard InChI is InChI=1S/C18H22N2O4S/c1-4-20(5-2)25(22,23)17-12-6-14(7-13-17)18(21)19-15-8-10-16(24-3)11-9-15/h6-13H,4-5H2,1-3H3,(H,19,21). The molecule has 7 heteroatoms. The predicted molar refractivity (Wildman–Crippen MR) is 97.5 cm³/mol. The van der Waals surface area contributed by atoms with Gasteiger partial charge in [0.2, 0.25) is 10.0 Å². The highest BCUT2D eigenvalue weighted by atomic mass is 32.2. The first kappa shape index (κ1) is 19.0. The summed E-state index contributed by atoms with van der Waals surface area (Å²) < 4.78 is 31.3. The summed E-state index contributed by atoms with van der Waals surface area (Å²) in [6, 6.07) is 12.9. The number of methoxy groups -OCH3 is 1. The second-order valence-corrected chi connectivity index (χ2v) is 7.23. The largest absolute Gasteiger partial charge is 0.497 e. The SMILES string of the molecule is CCN(CC)S(=O)(=O)c1ccc(C(=O)Nc2ccc(OC)cc2)cc1. The maximum Gasteiger partial charge on any atom is 0.255 e. The summed E-state index contributed by atoms with van der Waals surface area (Å²) in [5.74, 6) is 0.390. The van der Waals surface area contributed by atoms with Crippen molar-refractivity contribution in [3.05, 3.63) is 54.1 Å². The van der Waals surface area contributed by atoms with Crippen LogP contribution in [0.15, 0.2) is 53.4 Å². The van der Waals surface area contributed by atoms with Crippen molar-refractivity contribution in [3.63, 3.8) is 0 Å². The highest BCUT2D eigenvalue weighted by molar-refractivity contribution is 7.89. The number of hydrogen-bond donors (Lipinski definition) is 1. The lowest BCUT2D eigenvalue weighted by molar-refractivity contribution is 0.102. The zero-order valence-corrected chi connectivity index (χ0v) is 15.3. The van der Waals surface area contributed by atoms with Gasteiger partial charge in [0.1, 0.15) is 5.75 Å². The van der Waals surface area contributed by atoms with E-state index in [1.54, 1.807) is 45.2 Å². The number of anilines is 1. The monoisotopic (exact) mass is 362 g/mol. The fourth-order valence-electron chi connectivity index (χ4n) is 2.37. The topological polar surface area (TPSA) is 75.7 Å². The Morgan fingerprint density at radius 2 is 1.56 bits per heavy atom. The van der Waals surface area contributed by atoms with E-state index in [4.69, 9.17) is 4.74 Å². The van der Waals surface area contributed by atoms with Crippen molar-refractivity contribution < 1.29 is 17.9 Å². The third kappa shape index (κ3) is 4.37. The van der Waals surface area contributed by atoms with Crippen molar-refractivity contribution in [2.75, 3.05) is 25.5 Å². The molecule has 0 radical (unpaired) electrons. The molecule has 0 spiro atoms. The van der Waals surface area contributed by atoms with Gasteiger partial charge < -0.3 is 10.1 Å². The maximum absolute atomic E-state index is 12.4. The van der Waals surface area contributed by atoms with Crippen molar-refractivity contribution in [1.82, 2.24) is 4.31 Å². The molecule has 6 nitrogen and oxygen atoms in total. The average molecular weight is 362 g/mol. The fraction of sp³-hybridized carbons (Fsp3) is 0.278. The number of nitrogens with zero attached hydrogens (tertiary/aromatic N) is 1. The van der Waals surface area contributed by atoms with E-state index in [0.717, 1.165) is 0 Å². The average Bonchev–Trinajstić information content (AvgIpc) is 2.63. The fourth-order valence-corrected chi connectivity index (χ4v) is 3.83. The zero-order valence-electron chi connectivity index (χ0n) is 14.5. The Hall–Kier alpha value is -2.38. The molecule has 2 aromatic rings. The van der Waals surface area contributed by atoms with Gasteiger partial charge in [-0.05, 0) is 48.5 Å². The molecule has 2 aromatic carbocycles. The Labute approximate surface area is 148 Å². The zero-order chi connectivity index (χ0) is 18.4. The van der Waals surface area contributed by atoms with Crippen LogP contribution >= 0.6 is 0 Å². The van der Waals surface area contributed by atoms with Crippen LogP contribution in [0.2, 0.25) is 0 Å². The van der Waals surface area contributed by atoms with E-state index < -0.39 is 10.0 Å². The van der Waals surface area contributed by atoms with Crippen LogP contribution < -0.4 is 10.1 Å². The summed E-state index contributed by atoms with van der Waals surface area (Å²) in [6.45, 7) is 4.38. The number of benzene rings is 2. The summed E-state index contributed by atoms with van der Waals surface area (Å²) in [5.41, 5.74) is 1.01. The van der Waals surface area contributed by atoms with Crippen molar-refractivity contribution in [1.29, 1.82) is 0 Å². The quantitative estimate of drug-likeness (QED) is 0.822. The second kappa shape index (κ2) is 8.13. The van der Waals surface area contributed by atoms with Crippen LogP contribution in [0.1, 0.15) is 24.2 Å². The molecule has 134 valence electrons. The van der Waals surface area contributed by atoms with Gasteiger partial charge in [-0.1, -0.05) is 13.8 Å². The minimum absolute atomic E-state index is 0.178. The van der Waals surface area contributed by atoms with E-state index in [1.165, 1.54) is 28.6 Å². The molecule has 25 heavy (non-hydrogen) atoms. The van der Waals surface area contributed by atoms with E-state index >= 15 is 0 Å². The van der Waals surface area contributed by atoms with Crippen LogP contribution in [0.3, 0.4) is 0 Å². The number of hydrogen-bond acceptors (Lipinski definition) is 4. The second-order valence-electron chi connectivity index (χ2n) is 5.30. The first-order chi connectivity index (χ1) is 11.9. The molecule has 0 aliphatic carbocycles. The number of carbonyl (C=O) groups excluding carboxylic acids is 1. The lowest BCUT2D eigenvalue weighted by atomic mass is 10.2. The van der Waals surface area contributed by atoms with Gasteiger partial charge >= 0.3 is 0 Å². The van der Waals surface area contributed by atoms with Crippen LogP contribution in [0.5, 0.6) is 5.75 Å². The first-order valence-corrected chi connectivity index (χ1v) is 9.42. The van der Waals surface area contributed by atoms with Gasteiger partial charge in [0.25, 0.3) is 5.91 Å². The van der Waals surface area contributed by atoms with Crippen molar-refractivity contribution >= 4 is 21.6 Å². The molecular formula is C18H22N2O4S. The van der Waals surface area contributed by atoms with Crippen LogP contribution in [0, 0.1) is 0 Å². The highest BCUT2D eigenvalue weighted by Gasteiger charge is 2.21. The van der Waals surface area contributed by atoms with Gasteiger partial charge in [0, 0.05) is 24.3 Å². The van der Waals surface area contributed by atoms with Crippen LogP contribution in [-0.4, -0.2) is 38.8 Å². The van der Waals surface area contributed by atoms with Crippen LogP contribution in [-0.2, 0) is 10.0 Å².